The Kier molecular flexibility index (Phi) is 4.61. The minimum atomic E-state index is -0.966. The predicted octanol–water partition coefficient (Wildman–Crippen LogP) is 1.98. The molecule has 0 bridgehead atoms. The van der Waals surface area contributed by atoms with E-state index in [-0.39, 0.29) is 13.2 Å². The number of anilines is 1. The summed E-state index contributed by atoms with van der Waals surface area (Å²) in [6, 6.07) is 4.52. The monoisotopic (exact) mass is 342 g/mol. The van der Waals surface area contributed by atoms with E-state index in [0.717, 1.165) is 10.0 Å². The number of halogens is 1. The molecule has 1 fully saturated rings. The topological polar surface area (TPSA) is 87.7 Å². The van der Waals surface area contributed by atoms with Crippen LogP contribution in [0, 0.1) is 12.8 Å². The zero-order chi connectivity index (χ0) is 14.7. The Bertz CT molecular complexity index is 535. The molecule has 1 heterocycles. The molecule has 0 saturated carbocycles. The van der Waals surface area contributed by atoms with Gasteiger partial charge in [-0.25, -0.2) is 4.79 Å². The number of carbonyl (C=O) groups excluding carboxylic acids is 1. The highest BCUT2D eigenvalue weighted by Gasteiger charge is 2.35. The standard InChI is InChI=1S/C13H15BrN2O4/c1-7-9(14)3-2-4-10(7)15-13(19)16-11-6-20-5-8(11)12(17)18/h2-4,8,11H,5-6H2,1H3,(H,17,18)(H2,15,16,19). The number of aliphatic carboxylic acids is 1. The van der Waals surface area contributed by atoms with Crippen molar-refractivity contribution < 1.29 is 19.4 Å². The van der Waals surface area contributed by atoms with Gasteiger partial charge in [-0.3, -0.25) is 4.79 Å². The number of nitrogens with one attached hydrogen (secondary N) is 2. The molecule has 6 nitrogen and oxygen atoms in total. The molecule has 2 unspecified atom stereocenters. The third-order valence-corrected chi connectivity index (χ3v) is 4.09. The van der Waals surface area contributed by atoms with Crippen molar-refractivity contribution in [1.82, 2.24) is 5.32 Å². The molecule has 1 aromatic carbocycles. The summed E-state index contributed by atoms with van der Waals surface area (Å²) < 4.78 is 5.99. The van der Waals surface area contributed by atoms with Gasteiger partial charge in [-0.05, 0) is 24.6 Å². The molecule has 3 N–H and O–H groups in total. The van der Waals surface area contributed by atoms with Gasteiger partial charge in [-0.1, -0.05) is 22.0 Å². The highest BCUT2D eigenvalue weighted by Crippen LogP contribution is 2.23. The van der Waals surface area contributed by atoms with Crippen LogP contribution in [0.2, 0.25) is 0 Å². The lowest BCUT2D eigenvalue weighted by molar-refractivity contribution is -0.142. The quantitative estimate of drug-likeness (QED) is 0.783. The van der Waals surface area contributed by atoms with Crippen LogP contribution >= 0.6 is 15.9 Å². The normalized spacial score (nSPS) is 21.5. The summed E-state index contributed by atoms with van der Waals surface area (Å²) in [6.45, 7) is 2.20. The molecule has 0 radical (unpaired) electrons. The lowest BCUT2D eigenvalue weighted by Crippen LogP contribution is -2.44. The van der Waals surface area contributed by atoms with Gasteiger partial charge in [-0.15, -0.1) is 0 Å². The third kappa shape index (κ3) is 3.29. The second-order valence-electron chi connectivity index (χ2n) is 4.60. The van der Waals surface area contributed by atoms with E-state index in [1.54, 1.807) is 6.07 Å². The van der Waals surface area contributed by atoms with E-state index in [1.165, 1.54) is 0 Å². The minimum Gasteiger partial charge on any atom is -0.481 e. The maximum Gasteiger partial charge on any atom is 0.319 e. The number of rotatable bonds is 3. The molecule has 0 aromatic heterocycles. The Balaban J connectivity index is 1.99. The maximum absolute atomic E-state index is 11.9. The minimum absolute atomic E-state index is 0.121. The van der Waals surface area contributed by atoms with Gasteiger partial charge < -0.3 is 20.5 Å². The summed E-state index contributed by atoms with van der Waals surface area (Å²) in [7, 11) is 0. The van der Waals surface area contributed by atoms with Crippen molar-refractivity contribution in [2.45, 2.75) is 13.0 Å². The second-order valence-corrected chi connectivity index (χ2v) is 5.45. The van der Waals surface area contributed by atoms with Gasteiger partial charge in [0, 0.05) is 10.2 Å². The van der Waals surface area contributed by atoms with Crippen LogP contribution in [0.3, 0.4) is 0 Å². The van der Waals surface area contributed by atoms with Crippen LogP contribution in [-0.2, 0) is 9.53 Å². The number of ether oxygens (including phenoxy) is 1. The molecular weight excluding hydrogens is 328 g/mol. The first-order chi connectivity index (χ1) is 9.49. The van der Waals surface area contributed by atoms with Crippen LogP contribution in [0.15, 0.2) is 22.7 Å². The number of urea groups is 1. The van der Waals surface area contributed by atoms with Gasteiger partial charge in [0.1, 0.15) is 5.92 Å². The number of carboxylic acid groups (broad SMARTS) is 1. The van der Waals surface area contributed by atoms with Crippen molar-refractivity contribution >= 4 is 33.6 Å². The summed E-state index contributed by atoms with van der Waals surface area (Å²) in [6.07, 6.45) is 0. The molecule has 1 aliphatic heterocycles. The lowest BCUT2D eigenvalue weighted by atomic mass is 10.0. The van der Waals surface area contributed by atoms with Crippen LogP contribution in [0.1, 0.15) is 5.56 Å². The Hall–Kier alpha value is -1.60. The predicted molar refractivity (Wildman–Crippen MR) is 76.8 cm³/mol. The summed E-state index contributed by atoms with van der Waals surface area (Å²) >= 11 is 3.38. The number of benzene rings is 1. The van der Waals surface area contributed by atoms with E-state index < -0.39 is 24.0 Å². The largest absolute Gasteiger partial charge is 0.481 e. The molecule has 1 aromatic rings. The zero-order valence-corrected chi connectivity index (χ0v) is 12.4. The lowest BCUT2D eigenvalue weighted by Gasteiger charge is -2.17. The van der Waals surface area contributed by atoms with E-state index in [4.69, 9.17) is 9.84 Å². The first-order valence-electron chi connectivity index (χ1n) is 6.12. The highest BCUT2D eigenvalue weighted by molar-refractivity contribution is 9.10. The Labute approximate surface area is 124 Å². The molecule has 108 valence electrons. The fraction of sp³-hybridized carbons (Fsp3) is 0.385. The van der Waals surface area contributed by atoms with Crippen molar-refractivity contribution in [2.75, 3.05) is 18.5 Å². The average Bonchev–Trinajstić information content (AvgIpc) is 2.83. The van der Waals surface area contributed by atoms with E-state index >= 15 is 0 Å². The van der Waals surface area contributed by atoms with Crippen molar-refractivity contribution in [3.8, 4) is 0 Å². The van der Waals surface area contributed by atoms with Gasteiger partial charge in [-0.2, -0.15) is 0 Å². The summed E-state index contributed by atoms with van der Waals surface area (Å²) in [4.78, 5) is 22.9. The van der Waals surface area contributed by atoms with Crippen LogP contribution in [-0.4, -0.2) is 36.4 Å². The smallest absolute Gasteiger partial charge is 0.319 e. The first-order valence-corrected chi connectivity index (χ1v) is 6.91. The van der Waals surface area contributed by atoms with Gasteiger partial charge in [0.25, 0.3) is 0 Å². The van der Waals surface area contributed by atoms with E-state index in [1.807, 2.05) is 19.1 Å². The summed E-state index contributed by atoms with van der Waals surface area (Å²) in [5.41, 5.74) is 1.57. The Morgan fingerprint density at radius 1 is 1.40 bits per heavy atom. The number of hydrogen-bond donors (Lipinski definition) is 3. The van der Waals surface area contributed by atoms with Crippen LogP contribution in [0.5, 0.6) is 0 Å². The van der Waals surface area contributed by atoms with Gasteiger partial charge >= 0.3 is 12.0 Å². The van der Waals surface area contributed by atoms with Crippen molar-refractivity contribution in [3.63, 3.8) is 0 Å². The molecular formula is C13H15BrN2O4. The van der Waals surface area contributed by atoms with Crippen molar-refractivity contribution in [1.29, 1.82) is 0 Å². The fourth-order valence-electron chi connectivity index (χ4n) is 2.01. The molecule has 1 saturated heterocycles. The summed E-state index contributed by atoms with van der Waals surface area (Å²) in [5, 5.41) is 14.4. The highest BCUT2D eigenvalue weighted by atomic mass is 79.9. The number of carboxylic acids is 1. The van der Waals surface area contributed by atoms with Crippen LogP contribution < -0.4 is 10.6 Å². The molecule has 2 atom stereocenters. The molecule has 20 heavy (non-hydrogen) atoms. The van der Waals surface area contributed by atoms with Gasteiger partial charge in [0.15, 0.2) is 0 Å². The molecule has 1 aliphatic rings. The Morgan fingerprint density at radius 3 is 2.85 bits per heavy atom. The number of carbonyl (C=O) groups is 2. The van der Waals surface area contributed by atoms with E-state index in [2.05, 4.69) is 26.6 Å². The SMILES string of the molecule is Cc1c(Br)cccc1NC(=O)NC1COCC1C(=O)O. The van der Waals surface area contributed by atoms with Crippen molar-refractivity contribution in [2.24, 2.45) is 5.92 Å². The zero-order valence-electron chi connectivity index (χ0n) is 10.9. The fourth-order valence-corrected chi connectivity index (χ4v) is 2.38. The average molecular weight is 343 g/mol. The molecule has 7 heteroatoms. The molecule has 0 spiro atoms. The van der Waals surface area contributed by atoms with Crippen LogP contribution in [0.4, 0.5) is 10.5 Å². The van der Waals surface area contributed by atoms with E-state index in [0.29, 0.717) is 5.69 Å². The van der Waals surface area contributed by atoms with Gasteiger partial charge in [0.2, 0.25) is 0 Å². The summed E-state index contributed by atoms with van der Waals surface area (Å²) in [5.74, 6) is -1.67. The van der Waals surface area contributed by atoms with Gasteiger partial charge in [0.05, 0.1) is 19.3 Å². The number of amides is 2. The third-order valence-electron chi connectivity index (χ3n) is 3.23. The molecule has 0 aliphatic carbocycles. The molecule has 2 amide bonds. The van der Waals surface area contributed by atoms with Crippen LogP contribution in [0.25, 0.3) is 0 Å². The number of hydrogen-bond acceptors (Lipinski definition) is 3. The molecule has 2 rings (SSSR count). The Morgan fingerprint density at radius 2 is 2.15 bits per heavy atom. The second kappa shape index (κ2) is 6.23. The first kappa shape index (κ1) is 14.8. The maximum atomic E-state index is 11.9. The van der Waals surface area contributed by atoms with E-state index in [9.17, 15) is 9.59 Å². The van der Waals surface area contributed by atoms with Crippen molar-refractivity contribution in [3.05, 3.63) is 28.2 Å².